The van der Waals surface area contributed by atoms with Crippen molar-refractivity contribution in [3.63, 3.8) is 0 Å². The summed E-state index contributed by atoms with van der Waals surface area (Å²) in [6.45, 7) is 4.27. The van der Waals surface area contributed by atoms with Crippen LogP contribution in [0.2, 0.25) is 0 Å². The molecule has 1 aromatic rings. The molecule has 0 spiro atoms. The van der Waals surface area contributed by atoms with Crippen molar-refractivity contribution in [2.24, 2.45) is 0 Å². The van der Waals surface area contributed by atoms with Gasteiger partial charge in [-0.15, -0.1) is 0 Å². The fraction of sp³-hybridized carbons (Fsp3) is 0.300. The summed E-state index contributed by atoms with van der Waals surface area (Å²) < 4.78 is 6.17. The van der Waals surface area contributed by atoms with E-state index in [0.717, 1.165) is 12.8 Å². The van der Waals surface area contributed by atoms with Crippen LogP contribution in [0.1, 0.15) is 12.8 Å². The number of hydrogen-bond acceptors (Lipinski definition) is 2. The molecular formula is C10H13NO2. The van der Waals surface area contributed by atoms with E-state index in [0.29, 0.717) is 6.54 Å². The van der Waals surface area contributed by atoms with E-state index in [1.54, 1.807) is 16.8 Å². The van der Waals surface area contributed by atoms with E-state index in [9.17, 15) is 4.79 Å². The van der Waals surface area contributed by atoms with Crippen molar-refractivity contribution in [3.8, 4) is 0 Å². The second-order valence-electron chi connectivity index (χ2n) is 2.67. The lowest BCUT2D eigenvalue weighted by molar-refractivity contribution is 0.473. The number of rotatable bonds is 5. The van der Waals surface area contributed by atoms with Crippen LogP contribution in [-0.2, 0) is 6.54 Å². The number of aryl methyl sites for hydroxylation is 1. The molecule has 0 unspecified atom stereocenters. The molecule has 1 aromatic heterocycles. The van der Waals surface area contributed by atoms with Gasteiger partial charge in [0.25, 0.3) is 0 Å². The van der Waals surface area contributed by atoms with Crippen LogP contribution >= 0.6 is 0 Å². The minimum Gasteiger partial charge on any atom is -0.416 e. The third-order valence-corrected chi connectivity index (χ3v) is 1.69. The van der Waals surface area contributed by atoms with Crippen LogP contribution in [0, 0.1) is 0 Å². The van der Waals surface area contributed by atoms with E-state index in [2.05, 4.69) is 11.0 Å². The Morgan fingerprint density at radius 1 is 1.62 bits per heavy atom. The second kappa shape index (κ2) is 5.19. The van der Waals surface area contributed by atoms with E-state index >= 15 is 0 Å². The molecule has 1 heterocycles. The van der Waals surface area contributed by atoms with Gasteiger partial charge in [0.2, 0.25) is 0 Å². The molecule has 0 saturated heterocycles. The van der Waals surface area contributed by atoms with Gasteiger partial charge < -0.3 is 4.42 Å². The van der Waals surface area contributed by atoms with Crippen molar-refractivity contribution in [2.45, 2.75) is 19.4 Å². The molecule has 0 aliphatic rings. The summed E-state index contributed by atoms with van der Waals surface area (Å²) in [5, 5.41) is 0. The number of oxazole rings is 1. The lowest BCUT2D eigenvalue weighted by Gasteiger charge is -1.95. The van der Waals surface area contributed by atoms with Crippen molar-refractivity contribution < 1.29 is 4.42 Å². The summed E-state index contributed by atoms with van der Waals surface area (Å²) in [4.78, 5) is 10.9. The number of unbranched alkanes of at least 4 members (excludes halogenated alkanes) is 1. The average Bonchev–Trinajstić information content (AvgIpc) is 2.52. The predicted octanol–water partition coefficient (Wildman–Crippen LogP) is 1.96. The minimum atomic E-state index is -0.285. The first-order valence-corrected chi connectivity index (χ1v) is 4.26. The highest BCUT2D eigenvalue weighted by Gasteiger charge is 1.95. The van der Waals surface area contributed by atoms with E-state index in [1.807, 2.05) is 12.2 Å². The first-order valence-electron chi connectivity index (χ1n) is 4.26. The Morgan fingerprint density at radius 2 is 2.46 bits per heavy atom. The lowest BCUT2D eigenvalue weighted by atomic mass is 10.3. The largest absolute Gasteiger partial charge is 0.418 e. The zero-order valence-corrected chi connectivity index (χ0v) is 7.48. The molecule has 13 heavy (non-hydrogen) atoms. The van der Waals surface area contributed by atoms with Crippen LogP contribution in [0.5, 0.6) is 0 Å². The van der Waals surface area contributed by atoms with Gasteiger partial charge in [-0.25, -0.2) is 4.79 Å². The first kappa shape index (κ1) is 9.58. The molecule has 0 aliphatic carbocycles. The monoisotopic (exact) mass is 179 g/mol. The summed E-state index contributed by atoms with van der Waals surface area (Å²) in [7, 11) is 0. The summed E-state index contributed by atoms with van der Waals surface area (Å²) in [5.41, 5.74) is 0. The van der Waals surface area contributed by atoms with Gasteiger partial charge in [-0.2, -0.15) is 0 Å². The molecule has 70 valence electrons. The normalized spacial score (nSPS) is 10.8. The van der Waals surface area contributed by atoms with E-state index in [-0.39, 0.29) is 5.76 Å². The van der Waals surface area contributed by atoms with Crippen LogP contribution in [0.3, 0.4) is 0 Å². The van der Waals surface area contributed by atoms with Crippen molar-refractivity contribution in [1.29, 1.82) is 0 Å². The maximum atomic E-state index is 10.9. The zero-order chi connectivity index (χ0) is 9.52. The second-order valence-corrected chi connectivity index (χ2v) is 2.67. The standard InChI is InChI=1S/C10H13NO2/c1-2-3-4-5-6-7-11-8-9-13-10(11)12/h2-4,8-9H,1,5-7H2/b4-3+. The Kier molecular flexibility index (Phi) is 3.82. The van der Waals surface area contributed by atoms with Gasteiger partial charge in [0.15, 0.2) is 0 Å². The number of nitrogens with zero attached hydrogens (tertiary/aromatic N) is 1. The van der Waals surface area contributed by atoms with Gasteiger partial charge in [0, 0.05) is 12.7 Å². The predicted molar refractivity (Wildman–Crippen MR) is 51.5 cm³/mol. The summed E-state index contributed by atoms with van der Waals surface area (Å²) in [6, 6.07) is 0. The summed E-state index contributed by atoms with van der Waals surface area (Å²) in [6.07, 6.45) is 10.6. The van der Waals surface area contributed by atoms with Crippen LogP contribution < -0.4 is 5.76 Å². The van der Waals surface area contributed by atoms with Crippen LogP contribution in [0.4, 0.5) is 0 Å². The highest BCUT2D eigenvalue weighted by molar-refractivity contribution is 4.96. The van der Waals surface area contributed by atoms with Crippen LogP contribution in [0.25, 0.3) is 0 Å². The first-order chi connectivity index (χ1) is 6.34. The summed E-state index contributed by atoms with van der Waals surface area (Å²) >= 11 is 0. The van der Waals surface area contributed by atoms with E-state index < -0.39 is 0 Å². The maximum absolute atomic E-state index is 10.9. The van der Waals surface area contributed by atoms with Gasteiger partial charge in [-0.3, -0.25) is 4.57 Å². The molecule has 0 atom stereocenters. The molecule has 0 aliphatic heterocycles. The molecule has 0 bridgehead atoms. The Labute approximate surface area is 77.0 Å². The Hall–Kier alpha value is -1.51. The molecule has 1 rings (SSSR count). The van der Waals surface area contributed by atoms with Crippen LogP contribution in [-0.4, -0.2) is 4.57 Å². The van der Waals surface area contributed by atoms with Crippen molar-refractivity contribution in [2.75, 3.05) is 0 Å². The Balaban J connectivity index is 2.28. The zero-order valence-electron chi connectivity index (χ0n) is 7.48. The Bertz CT molecular complexity index is 333. The van der Waals surface area contributed by atoms with Crippen LogP contribution in [0.15, 0.2) is 46.5 Å². The molecule has 0 saturated carbocycles. The third-order valence-electron chi connectivity index (χ3n) is 1.69. The number of allylic oxidation sites excluding steroid dienone is 3. The molecule has 0 radical (unpaired) electrons. The molecule has 3 nitrogen and oxygen atoms in total. The number of aromatic nitrogens is 1. The molecule has 0 fully saturated rings. The quantitative estimate of drug-likeness (QED) is 0.511. The third kappa shape index (κ3) is 3.15. The van der Waals surface area contributed by atoms with E-state index in [1.165, 1.54) is 6.26 Å². The molecular weight excluding hydrogens is 166 g/mol. The van der Waals surface area contributed by atoms with Crippen molar-refractivity contribution in [1.82, 2.24) is 4.57 Å². The molecule has 0 amide bonds. The summed E-state index contributed by atoms with van der Waals surface area (Å²) in [5.74, 6) is -0.285. The Morgan fingerprint density at radius 3 is 3.08 bits per heavy atom. The SMILES string of the molecule is C=C/C=C/CCCn1ccoc1=O. The topological polar surface area (TPSA) is 35.1 Å². The highest BCUT2D eigenvalue weighted by atomic mass is 16.4. The van der Waals surface area contributed by atoms with Crippen molar-refractivity contribution in [3.05, 3.63) is 47.8 Å². The average molecular weight is 179 g/mol. The smallest absolute Gasteiger partial charge is 0.416 e. The molecule has 0 aromatic carbocycles. The van der Waals surface area contributed by atoms with E-state index in [4.69, 9.17) is 0 Å². The van der Waals surface area contributed by atoms with Gasteiger partial charge >= 0.3 is 5.76 Å². The minimum absolute atomic E-state index is 0.285. The molecule has 0 N–H and O–H groups in total. The van der Waals surface area contributed by atoms with Gasteiger partial charge in [-0.05, 0) is 12.8 Å². The lowest BCUT2D eigenvalue weighted by Crippen LogP contribution is -2.12. The van der Waals surface area contributed by atoms with Crippen molar-refractivity contribution >= 4 is 0 Å². The fourth-order valence-electron chi connectivity index (χ4n) is 1.03. The highest BCUT2D eigenvalue weighted by Crippen LogP contribution is 1.94. The van der Waals surface area contributed by atoms with Gasteiger partial charge in [0.05, 0.1) is 0 Å². The number of hydrogen-bond donors (Lipinski definition) is 0. The fourth-order valence-corrected chi connectivity index (χ4v) is 1.03. The van der Waals surface area contributed by atoms with Gasteiger partial charge in [-0.1, -0.05) is 24.8 Å². The molecule has 3 heteroatoms. The van der Waals surface area contributed by atoms with Gasteiger partial charge in [0.1, 0.15) is 6.26 Å². The maximum Gasteiger partial charge on any atom is 0.418 e.